The van der Waals surface area contributed by atoms with Gasteiger partial charge in [-0.15, -0.1) is 12.4 Å². The number of nitrogens with zero attached hydrogens (tertiary/aromatic N) is 3. The molecule has 1 N–H and O–H groups in total. The molecule has 172 valence electrons. The van der Waals surface area contributed by atoms with Gasteiger partial charge in [-0.25, -0.2) is 0 Å². The Hall–Kier alpha value is -2.22. The van der Waals surface area contributed by atoms with Crippen LogP contribution in [0.25, 0.3) is 0 Å². The van der Waals surface area contributed by atoms with Crippen LogP contribution >= 0.6 is 12.4 Å². The molecule has 1 aliphatic heterocycles. The Morgan fingerprint density at radius 2 is 1.75 bits per heavy atom. The smallest absolute Gasteiger partial charge is 0.108 e. The van der Waals surface area contributed by atoms with E-state index in [0.29, 0.717) is 13.2 Å². The lowest BCUT2D eigenvalue weighted by Gasteiger charge is -2.34. The lowest BCUT2D eigenvalue weighted by atomic mass is 10.0. The van der Waals surface area contributed by atoms with E-state index in [-0.39, 0.29) is 31.2 Å². The first kappa shape index (κ1) is 24.4. The molecule has 3 aromatic rings. The summed E-state index contributed by atoms with van der Waals surface area (Å²) < 4.78 is 14.0. The molecule has 2 aromatic carbocycles. The molecular formula is C25H32ClN3O3. The minimum absolute atomic E-state index is 0. The Morgan fingerprint density at radius 3 is 2.34 bits per heavy atom. The van der Waals surface area contributed by atoms with E-state index in [0.717, 1.165) is 36.3 Å². The first-order chi connectivity index (χ1) is 15.2. The largest absolute Gasteiger partial charge is 0.389 e. The van der Waals surface area contributed by atoms with Crippen molar-refractivity contribution in [2.45, 2.75) is 31.8 Å². The highest BCUT2D eigenvalue weighted by Gasteiger charge is 2.24. The third kappa shape index (κ3) is 6.89. The van der Waals surface area contributed by atoms with Gasteiger partial charge in [-0.3, -0.25) is 9.58 Å². The van der Waals surface area contributed by atoms with Gasteiger partial charge in [0.25, 0.3) is 0 Å². The normalized spacial score (nSPS) is 17.8. The predicted molar refractivity (Wildman–Crippen MR) is 127 cm³/mol. The summed E-state index contributed by atoms with van der Waals surface area (Å²) in [4.78, 5) is 2.25. The summed E-state index contributed by atoms with van der Waals surface area (Å²) in [5.41, 5.74) is 3.32. The maximum Gasteiger partial charge on any atom is 0.108 e. The van der Waals surface area contributed by atoms with E-state index in [4.69, 9.17) is 9.47 Å². The second-order valence-corrected chi connectivity index (χ2v) is 8.18. The summed E-state index contributed by atoms with van der Waals surface area (Å²) in [6.07, 6.45) is 3.19. The number of morpholine rings is 1. The molecule has 0 spiro atoms. The highest BCUT2D eigenvalue weighted by Crippen LogP contribution is 2.26. The predicted octanol–water partition coefficient (Wildman–Crippen LogP) is 3.48. The number of aliphatic hydroxyl groups excluding tert-OH is 1. The van der Waals surface area contributed by atoms with Gasteiger partial charge < -0.3 is 14.6 Å². The molecule has 0 bridgehead atoms. The van der Waals surface area contributed by atoms with Crippen LogP contribution in [0.4, 0.5) is 0 Å². The van der Waals surface area contributed by atoms with Crippen molar-refractivity contribution in [1.29, 1.82) is 0 Å². The topological polar surface area (TPSA) is 59.8 Å². The van der Waals surface area contributed by atoms with Crippen molar-refractivity contribution in [2.24, 2.45) is 0 Å². The number of benzene rings is 2. The fourth-order valence-corrected chi connectivity index (χ4v) is 4.03. The van der Waals surface area contributed by atoms with Crippen molar-refractivity contribution in [2.75, 3.05) is 32.8 Å². The van der Waals surface area contributed by atoms with Crippen molar-refractivity contribution >= 4 is 12.4 Å². The maximum absolute atomic E-state index is 10.7. The van der Waals surface area contributed by atoms with Gasteiger partial charge >= 0.3 is 0 Å². The number of rotatable bonds is 9. The van der Waals surface area contributed by atoms with E-state index in [1.165, 1.54) is 0 Å². The van der Waals surface area contributed by atoms with Crippen LogP contribution in [-0.4, -0.2) is 64.8 Å². The number of aliphatic hydroxyl groups is 1. The maximum atomic E-state index is 10.7. The van der Waals surface area contributed by atoms with E-state index >= 15 is 0 Å². The quantitative estimate of drug-likeness (QED) is 0.533. The van der Waals surface area contributed by atoms with Gasteiger partial charge in [0, 0.05) is 25.8 Å². The van der Waals surface area contributed by atoms with Gasteiger partial charge in [-0.2, -0.15) is 5.10 Å². The van der Waals surface area contributed by atoms with Crippen molar-refractivity contribution in [3.63, 3.8) is 0 Å². The molecule has 2 atom stereocenters. The Bertz CT molecular complexity index is 883. The summed E-state index contributed by atoms with van der Waals surface area (Å²) in [5.74, 6) is 0. The van der Waals surface area contributed by atoms with Gasteiger partial charge in [0.05, 0.1) is 38.2 Å². The number of aromatic nitrogens is 2. The Morgan fingerprint density at radius 1 is 1.09 bits per heavy atom. The van der Waals surface area contributed by atoms with Crippen LogP contribution in [0.5, 0.6) is 0 Å². The van der Waals surface area contributed by atoms with Crippen molar-refractivity contribution < 1.29 is 14.6 Å². The minimum atomic E-state index is -0.569. The minimum Gasteiger partial charge on any atom is -0.389 e. The fraction of sp³-hybridized carbons (Fsp3) is 0.400. The van der Waals surface area contributed by atoms with Gasteiger partial charge in [-0.05, 0) is 23.6 Å². The lowest BCUT2D eigenvalue weighted by molar-refractivity contribution is -0.0616. The van der Waals surface area contributed by atoms with E-state index in [1.807, 2.05) is 60.4 Å². The molecule has 0 saturated carbocycles. The molecule has 2 unspecified atom stereocenters. The Labute approximate surface area is 196 Å². The van der Waals surface area contributed by atoms with Crippen molar-refractivity contribution in [3.05, 3.63) is 89.7 Å². The lowest BCUT2D eigenvalue weighted by Crippen LogP contribution is -2.47. The molecule has 1 saturated heterocycles. The third-order valence-electron chi connectivity index (χ3n) is 5.50. The Kier molecular flexibility index (Phi) is 9.26. The van der Waals surface area contributed by atoms with Crippen LogP contribution in [0.1, 0.15) is 22.8 Å². The summed E-state index contributed by atoms with van der Waals surface area (Å²) in [7, 11) is 0. The standard InChI is InChI=1S/C25H31N3O3.ClH/c1-20-14-26-28(15-20)18-24-17-27(12-13-30-24)16-23(29)19-31-25(21-8-4-2-5-9-21)22-10-6-3-7-11-22;/h2-11,14-15,23-25,29H,12-13,16-19H2,1H3;1H. The number of aryl methyl sites for hydroxylation is 1. The first-order valence-corrected chi connectivity index (χ1v) is 10.9. The number of hydrogen-bond donors (Lipinski definition) is 1. The molecule has 6 nitrogen and oxygen atoms in total. The summed E-state index contributed by atoms with van der Waals surface area (Å²) in [6, 6.07) is 20.3. The van der Waals surface area contributed by atoms with Crippen LogP contribution in [0, 0.1) is 6.92 Å². The molecule has 32 heavy (non-hydrogen) atoms. The molecule has 0 aliphatic carbocycles. The van der Waals surface area contributed by atoms with Crippen LogP contribution < -0.4 is 0 Å². The monoisotopic (exact) mass is 457 g/mol. The second kappa shape index (κ2) is 12.1. The van der Waals surface area contributed by atoms with Crippen LogP contribution in [0.15, 0.2) is 73.1 Å². The zero-order chi connectivity index (χ0) is 21.5. The molecule has 7 heteroatoms. The fourth-order valence-electron chi connectivity index (χ4n) is 4.03. The highest BCUT2D eigenvalue weighted by molar-refractivity contribution is 5.85. The van der Waals surface area contributed by atoms with Gasteiger partial charge in [0.15, 0.2) is 0 Å². The van der Waals surface area contributed by atoms with Crippen molar-refractivity contribution in [1.82, 2.24) is 14.7 Å². The zero-order valence-electron chi connectivity index (χ0n) is 18.4. The number of β-amino-alcohol motifs (C(OH)–C–C–N with tert-alkyl or cyclic N) is 1. The highest BCUT2D eigenvalue weighted by atomic mass is 35.5. The van der Waals surface area contributed by atoms with E-state index in [1.54, 1.807) is 0 Å². The number of halogens is 1. The van der Waals surface area contributed by atoms with E-state index in [9.17, 15) is 5.11 Å². The van der Waals surface area contributed by atoms with Gasteiger partial charge in [0.2, 0.25) is 0 Å². The summed E-state index contributed by atoms with van der Waals surface area (Å²) in [6.45, 7) is 5.84. The van der Waals surface area contributed by atoms with Gasteiger partial charge in [0.1, 0.15) is 6.10 Å². The molecule has 0 amide bonds. The molecule has 0 radical (unpaired) electrons. The zero-order valence-corrected chi connectivity index (χ0v) is 19.2. The summed E-state index contributed by atoms with van der Waals surface area (Å²) in [5, 5.41) is 15.0. The Balaban J connectivity index is 0.00000289. The van der Waals surface area contributed by atoms with Crippen LogP contribution in [0.3, 0.4) is 0 Å². The molecule has 1 fully saturated rings. The SMILES string of the molecule is Cc1cnn(CC2CN(CC(O)COC(c3ccccc3)c3ccccc3)CCO2)c1.Cl. The first-order valence-electron chi connectivity index (χ1n) is 10.9. The molecule has 2 heterocycles. The van der Waals surface area contributed by atoms with Crippen molar-refractivity contribution in [3.8, 4) is 0 Å². The average Bonchev–Trinajstić information content (AvgIpc) is 3.20. The average molecular weight is 458 g/mol. The number of hydrogen-bond acceptors (Lipinski definition) is 5. The number of ether oxygens (including phenoxy) is 2. The third-order valence-corrected chi connectivity index (χ3v) is 5.50. The summed E-state index contributed by atoms with van der Waals surface area (Å²) >= 11 is 0. The molecule has 1 aliphatic rings. The molecule has 1 aromatic heterocycles. The van der Waals surface area contributed by atoms with Crippen LogP contribution in [0.2, 0.25) is 0 Å². The van der Waals surface area contributed by atoms with Crippen LogP contribution in [-0.2, 0) is 16.0 Å². The van der Waals surface area contributed by atoms with E-state index < -0.39 is 6.10 Å². The molecule has 4 rings (SSSR count). The molecular weight excluding hydrogens is 426 g/mol. The van der Waals surface area contributed by atoms with Gasteiger partial charge in [-0.1, -0.05) is 60.7 Å². The second-order valence-electron chi connectivity index (χ2n) is 8.18. The van der Waals surface area contributed by atoms with E-state index in [2.05, 4.69) is 34.3 Å².